The Morgan fingerprint density at radius 2 is 2.06 bits per heavy atom. The van der Waals surface area contributed by atoms with Crippen molar-refractivity contribution in [3.05, 3.63) is 52.8 Å². The van der Waals surface area contributed by atoms with E-state index >= 15 is 4.39 Å². The van der Waals surface area contributed by atoms with Crippen molar-refractivity contribution in [3.63, 3.8) is 0 Å². The van der Waals surface area contributed by atoms with Crippen LogP contribution < -0.4 is 10.6 Å². The van der Waals surface area contributed by atoms with Gasteiger partial charge in [0.2, 0.25) is 5.82 Å². The van der Waals surface area contributed by atoms with Crippen LogP contribution in [0.5, 0.6) is 0 Å². The number of aliphatic imine (C=N–C) groups is 1. The highest BCUT2D eigenvalue weighted by molar-refractivity contribution is 8.13. The summed E-state index contributed by atoms with van der Waals surface area (Å²) >= 11 is 6.99. The summed E-state index contributed by atoms with van der Waals surface area (Å²) in [6, 6.07) is 4.19. The topological polar surface area (TPSA) is 126 Å². The number of nitrogens with zero attached hydrogens (tertiary/aromatic N) is 3. The first-order valence-electron chi connectivity index (χ1n) is 9.26. The zero-order valence-corrected chi connectivity index (χ0v) is 17.5. The Hall–Kier alpha value is -2.76. The van der Waals surface area contributed by atoms with Crippen LogP contribution >= 0.6 is 23.4 Å². The Kier molecular flexibility index (Phi) is 6.08. The molecule has 1 aromatic heterocycles. The fraction of sp³-hybridized carbons (Fsp3) is 0.316. The number of hydrogen-bond donors (Lipinski definition) is 3. The van der Waals surface area contributed by atoms with E-state index in [1.54, 1.807) is 0 Å². The molecule has 162 valence electrons. The molecule has 2 aliphatic rings. The number of nitrogens with one attached hydrogen (secondary N) is 2. The maximum atomic E-state index is 15.0. The smallest absolute Gasteiger partial charge is 0.410 e. The van der Waals surface area contributed by atoms with Gasteiger partial charge in [-0.2, -0.15) is 0 Å². The van der Waals surface area contributed by atoms with Gasteiger partial charge in [-0.15, -0.1) is 0 Å². The van der Waals surface area contributed by atoms with Crippen molar-refractivity contribution in [2.75, 3.05) is 24.3 Å². The van der Waals surface area contributed by atoms with Crippen LogP contribution in [0, 0.1) is 11.7 Å². The van der Waals surface area contributed by atoms with E-state index in [0.29, 0.717) is 36.1 Å². The molecule has 3 heterocycles. The Balaban J connectivity index is 1.69. The molecule has 1 aromatic carbocycles. The van der Waals surface area contributed by atoms with Gasteiger partial charge >= 0.3 is 6.09 Å². The summed E-state index contributed by atoms with van der Waals surface area (Å²) in [4.78, 5) is 35.9. The number of ether oxygens (including phenoxy) is 1. The summed E-state index contributed by atoms with van der Waals surface area (Å²) in [6.45, 7) is 0.713. The number of amidine groups is 1. The maximum absolute atomic E-state index is 15.0. The SMILES string of the molecule is O=C(O)NC1=N[C@@]2(c3cc(NC(=O)c4ncc(Cl)cn4)ccc3F)CCOCC2CS1. The molecule has 2 amide bonds. The lowest BCUT2D eigenvalue weighted by atomic mass is 9.75. The summed E-state index contributed by atoms with van der Waals surface area (Å²) < 4.78 is 20.6. The second kappa shape index (κ2) is 8.77. The van der Waals surface area contributed by atoms with Gasteiger partial charge in [-0.05, 0) is 18.2 Å². The molecule has 12 heteroatoms. The molecule has 1 saturated heterocycles. The molecule has 1 fully saturated rings. The quantitative estimate of drug-likeness (QED) is 0.635. The van der Waals surface area contributed by atoms with Gasteiger partial charge in [-0.3, -0.25) is 15.1 Å². The number of aromatic nitrogens is 2. The largest absolute Gasteiger partial charge is 0.465 e. The van der Waals surface area contributed by atoms with Crippen molar-refractivity contribution in [1.82, 2.24) is 15.3 Å². The van der Waals surface area contributed by atoms with Crippen molar-refractivity contribution >= 4 is 46.2 Å². The molecule has 31 heavy (non-hydrogen) atoms. The summed E-state index contributed by atoms with van der Waals surface area (Å²) in [7, 11) is 0. The van der Waals surface area contributed by atoms with Crippen molar-refractivity contribution in [2.24, 2.45) is 10.9 Å². The number of carbonyl (C=O) groups excluding carboxylic acids is 1. The van der Waals surface area contributed by atoms with Crippen LogP contribution in [-0.4, -0.2) is 51.2 Å². The molecule has 4 rings (SSSR count). The zero-order valence-electron chi connectivity index (χ0n) is 16.0. The number of hydrogen-bond acceptors (Lipinski definition) is 7. The van der Waals surface area contributed by atoms with Crippen LogP contribution in [0.25, 0.3) is 0 Å². The number of thioether (sulfide) groups is 1. The molecular weight excluding hydrogens is 449 g/mol. The van der Waals surface area contributed by atoms with Crippen molar-refractivity contribution in [2.45, 2.75) is 12.0 Å². The molecule has 2 aliphatic heterocycles. The summed E-state index contributed by atoms with van der Waals surface area (Å²) in [6.07, 6.45) is 1.74. The van der Waals surface area contributed by atoms with Crippen LogP contribution in [0.3, 0.4) is 0 Å². The predicted octanol–water partition coefficient (Wildman–Crippen LogP) is 3.12. The van der Waals surface area contributed by atoms with Crippen molar-refractivity contribution < 1.29 is 23.8 Å². The van der Waals surface area contributed by atoms with Gasteiger partial charge in [0, 0.05) is 48.3 Å². The normalized spacial score (nSPS) is 22.8. The van der Waals surface area contributed by atoms with Gasteiger partial charge in [0.1, 0.15) is 5.82 Å². The highest BCUT2D eigenvalue weighted by atomic mass is 35.5. The highest BCUT2D eigenvalue weighted by Gasteiger charge is 2.47. The van der Waals surface area contributed by atoms with Crippen LogP contribution in [0.1, 0.15) is 22.6 Å². The van der Waals surface area contributed by atoms with E-state index in [-0.39, 0.29) is 22.5 Å². The van der Waals surface area contributed by atoms with E-state index < -0.39 is 23.4 Å². The molecule has 2 aromatic rings. The molecule has 9 nitrogen and oxygen atoms in total. The number of fused-ring (bicyclic) bond motifs is 1. The van der Waals surface area contributed by atoms with Gasteiger partial charge in [0.15, 0.2) is 5.17 Å². The Bertz CT molecular complexity index is 1050. The van der Waals surface area contributed by atoms with Gasteiger partial charge in [-0.1, -0.05) is 23.4 Å². The Morgan fingerprint density at radius 3 is 2.81 bits per heavy atom. The number of carboxylic acid groups (broad SMARTS) is 1. The first-order valence-corrected chi connectivity index (χ1v) is 10.6. The number of anilines is 1. The standard InChI is InChI=1S/C19H17ClFN5O4S/c20-11-6-22-15(23-7-11)16(27)24-12-1-2-14(21)13(5-12)19-3-4-30-8-10(19)9-31-17(26-19)25-18(28)29/h1-2,5-7,10H,3-4,8-9H2,(H,24,27)(H,25,26)(H,28,29)/t10?,19-/m0/s1. The molecule has 0 aliphatic carbocycles. The van der Waals surface area contributed by atoms with Gasteiger partial charge in [0.25, 0.3) is 5.91 Å². The van der Waals surface area contributed by atoms with Crippen LogP contribution in [-0.2, 0) is 10.3 Å². The molecule has 2 atom stereocenters. The molecular formula is C19H17ClFN5O4S. The maximum Gasteiger partial charge on any atom is 0.410 e. The van der Waals surface area contributed by atoms with Crippen LogP contribution in [0.4, 0.5) is 14.9 Å². The average molecular weight is 466 g/mol. The third kappa shape index (κ3) is 4.48. The van der Waals surface area contributed by atoms with E-state index in [4.69, 9.17) is 21.4 Å². The first kappa shape index (κ1) is 21.5. The molecule has 0 saturated carbocycles. The number of carbonyl (C=O) groups is 2. The van der Waals surface area contributed by atoms with E-state index in [2.05, 4.69) is 25.6 Å². The van der Waals surface area contributed by atoms with Crippen LogP contribution in [0.2, 0.25) is 5.02 Å². The van der Waals surface area contributed by atoms with Gasteiger partial charge in [-0.25, -0.2) is 19.2 Å². The summed E-state index contributed by atoms with van der Waals surface area (Å²) in [5, 5.41) is 14.5. The van der Waals surface area contributed by atoms with Gasteiger partial charge in [0.05, 0.1) is 17.2 Å². The summed E-state index contributed by atoms with van der Waals surface area (Å²) in [5.41, 5.74) is -0.413. The Morgan fingerprint density at radius 1 is 1.29 bits per heavy atom. The van der Waals surface area contributed by atoms with E-state index in [9.17, 15) is 9.59 Å². The van der Waals surface area contributed by atoms with Gasteiger partial charge < -0.3 is 15.2 Å². The third-order valence-corrected chi connectivity index (χ3v) is 6.30. The van der Waals surface area contributed by atoms with E-state index in [0.717, 1.165) is 0 Å². The van der Waals surface area contributed by atoms with Crippen molar-refractivity contribution in [3.8, 4) is 0 Å². The lowest BCUT2D eigenvalue weighted by Crippen LogP contribution is -2.48. The van der Waals surface area contributed by atoms with E-state index in [1.807, 2.05) is 0 Å². The van der Waals surface area contributed by atoms with E-state index in [1.165, 1.54) is 42.4 Å². The minimum atomic E-state index is -1.24. The first-order chi connectivity index (χ1) is 14.9. The number of halogens is 2. The van der Waals surface area contributed by atoms with Crippen molar-refractivity contribution in [1.29, 1.82) is 0 Å². The number of amides is 2. The Labute approximate surface area is 185 Å². The minimum Gasteiger partial charge on any atom is -0.465 e. The molecule has 3 N–H and O–H groups in total. The monoisotopic (exact) mass is 465 g/mol. The molecule has 0 bridgehead atoms. The zero-order chi connectivity index (χ0) is 22.0. The molecule has 0 radical (unpaired) electrons. The lowest BCUT2D eigenvalue weighted by molar-refractivity contribution is 0.00878. The number of rotatable bonds is 3. The third-order valence-electron chi connectivity index (χ3n) is 5.07. The molecule has 1 unspecified atom stereocenters. The lowest BCUT2D eigenvalue weighted by Gasteiger charge is -2.44. The average Bonchev–Trinajstić information content (AvgIpc) is 2.75. The number of benzene rings is 1. The fourth-order valence-electron chi connectivity index (χ4n) is 3.64. The second-order valence-electron chi connectivity index (χ2n) is 6.98. The second-order valence-corrected chi connectivity index (χ2v) is 8.42. The fourth-order valence-corrected chi connectivity index (χ4v) is 4.86. The minimum absolute atomic E-state index is 0.0857. The molecule has 0 spiro atoms. The summed E-state index contributed by atoms with van der Waals surface area (Å²) in [5.74, 6) is -0.819. The van der Waals surface area contributed by atoms with Crippen LogP contribution in [0.15, 0.2) is 35.6 Å². The highest BCUT2D eigenvalue weighted by Crippen LogP contribution is 2.46. The predicted molar refractivity (Wildman–Crippen MR) is 113 cm³/mol.